The van der Waals surface area contributed by atoms with Crippen LogP contribution in [0.25, 0.3) is 16.9 Å². The van der Waals surface area contributed by atoms with Gasteiger partial charge in [0, 0.05) is 29.9 Å². The zero-order valence-electron chi connectivity index (χ0n) is 21.0. The van der Waals surface area contributed by atoms with Crippen molar-refractivity contribution in [1.82, 2.24) is 14.5 Å². The number of nitrogens with zero attached hydrogens (tertiary/aromatic N) is 3. The molecule has 4 aromatic rings. The molecule has 0 fully saturated rings. The Hall–Kier alpha value is -4.46. The molecule has 0 unspecified atom stereocenters. The summed E-state index contributed by atoms with van der Waals surface area (Å²) in [5.41, 5.74) is 2.99. The van der Waals surface area contributed by atoms with E-state index in [0.29, 0.717) is 23.7 Å². The fourth-order valence-corrected chi connectivity index (χ4v) is 3.89. The van der Waals surface area contributed by atoms with E-state index in [1.165, 1.54) is 17.0 Å². The summed E-state index contributed by atoms with van der Waals surface area (Å²) in [6, 6.07) is 22.8. The number of amides is 2. The molecule has 190 valence electrons. The lowest BCUT2D eigenvalue weighted by molar-refractivity contribution is -0.138. The Labute approximate surface area is 215 Å². The van der Waals surface area contributed by atoms with E-state index in [1.807, 2.05) is 54.6 Å². The maximum absolute atomic E-state index is 13.6. The maximum Gasteiger partial charge on any atom is 0.246 e. The van der Waals surface area contributed by atoms with Crippen LogP contribution in [0.3, 0.4) is 0 Å². The number of halogens is 1. The third-order valence-corrected chi connectivity index (χ3v) is 5.80. The van der Waals surface area contributed by atoms with Crippen LogP contribution in [0.2, 0.25) is 0 Å². The Morgan fingerprint density at radius 3 is 2.30 bits per heavy atom. The van der Waals surface area contributed by atoms with Gasteiger partial charge in [-0.1, -0.05) is 44.2 Å². The van der Waals surface area contributed by atoms with Gasteiger partial charge in [0.2, 0.25) is 17.8 Å². The van der Waals surface area contributed by atoms with E-state index in [4.69, 9.17) is 4.74 Å². The van der Waals surface area contributed by atoms with Crippen molar-refractivity contribution in [2.75, 3.05) is 19.0 Å². The first kappa shape index (κ1) is 25.6. The summed E-state index contributed by atoms with van der Waals surface area (Å²) >= 11 is 0. The monoisotopic (exact) mass is 500 g/mol. The largest absolute Gasteiger partial charge is 0.497 e. The van der Waals surface area contributed by atoms with Crippen molar-refractivity contribution in [3.63, 3.8) is 0 Å². The van der Waals surface area contributed by atoms with E-state index in [-0.39, 0.29) is 36.0 Å². The molecule has 0 saturated carbocycles. The number of aromatic nitrogens is 2. The van der Waals surface area contributed by atoms with Gasteiger partial charge in [-0.25, -0.2) is 9.37 Å². The number of benzene rings is 3. The number of nitrogens with one attached hydrogen (secondary N) is 1. The van der Waals surface area contributed by atoms with Gasteiger partial charge in [-0.15, -0.1) is 0 Å². The standard InChI is InChI=1S/C29H29FN4O3/c1-20(2)28(36)33(17-21-7-5-4-6-8-21)19-27(35)32-29-31-26(22-9-15-25(37-3)16-10-22)18-34(29)24-13-11-23(30)12-14-24/h4-16,18,20H,17,19H2,1-3H3,(H,31,32,35). The number of carbonyl (C=O) groups excluding carboxylic acids is 2. The van der Waals surface area contributed by atoms with Crippen LogP contribution in [0.4, 0.5) is 10.3 Å². The summed E-state index contributed by atoms with van der Waals surface area (Å²) in [7, 11) is 1.59. The first-order valence-corrected chi connectivity index (χ1v) is 12.0. The van der Waals surface area contributed by atoms with E-state index < -0.39 is 0 Å². The molecule has 0 aliphatic carbocycles. The Balaban J connectivity index is 1.61. The van der Waals surface area contributed by atoms with Crippen LogP contribution < -0.4 is 10.1 Å². The van der Waals surface area contributed by atoms with Gasteiger partial charge in [-0.05, 0) is 54.1 Å². The first-order valence-electron chi connectivity index (χ1n) is 12.0. The van der Waals surface area contributed by atoms with E-state index in [0.717, 1.165) is 11.1 Å². The molecule has 0 aliphatic heterocycles. The van der Waals surface area contributed by atoms with Gasteiger partial charge in [0.05, 0.1) is 12.8 Å². The second kappa shape index (κ2) is 11.5. The topological polar surface area (TPSA) is 76.5 Å². The summed E-state index contributed by atoms with van der Waals surface area (Å²) in [6.07, 6.45) is 1.77. The highest BCUT2D eigenvalue weighted by atomic mass is 19.1. The number of imidazole rings is 1. The maximum atomic E-state index is 13.6. The van der Waals surface area contributed by atoms with Crippen molar-refractivity contribution >= 4 is 17.8 Å². The lowest BCUT2D eigenvalue weighted by Gasteiger charge is -2.24. The lowest BCUT2D eigenvalue weighted by atomic mass is 10.1. The normalized spacial score (nSPS) is 10.8. The predicted molar refractivity (Wildman–Crippen MR) is 141 cm³/mol. The Morgan fingerprint density at radius 2 is 1.68 bits per heavy atom. The molecule has 1 aromatic heterocycles. The van der Waals surface area contributed by atoms with Crippen LogP contribution in [0, 0.1) is 11.7 Å². The van der Waals surface area contributed by atoms with Crippen LogP contribution in [0.15, 0.2) is 85.1 Å². The minimum Gasteiger partial charge on any atom is -0.497 e. The third kappa shape index (κ3) is 6.41. The van der Waals surface area contributed by atoms with Crippen molar-refractivity contribution < 1.29 is 18.7 Å². The number of anilines is 1. The molecule has 8 heteroatoms. The van der Waals surface area contributed by atoms with Gasteiger partial charge in [-0.3, -0.25) is 19.5 Å². The molecule has 4 rings (SSSR count). The Bertz CT molecular complexity index is 1350. The zero-order chi connectivity index (χ0) is 26.4. The van der Waals surface area contributed by atoms with Crippen LogP contribution in [-0.4, -0.2) is 39.9 Å². The molecule has 7 nitrogen and oxygen atoms in total. The first-order chi connectivity index (χ1) is 17.8. The van der Waals surface area contributed by atoms with E-state index in [1.54, 1.807) is 43.9 Å². The number of methoxy groups -OCH3 is 1. The molecule has 37 heavy (non-hydrogen) atoms. The Kier molecular flexibility index (Phi) is 7.98. The quantitative estimate of drug-likeness (QED) is 0.338. The molecule has 2 amide bonds. The van der Waals surface area contributed by atoms with Gasteiger partial charge >= 0.3 is 0 Å². The number of hydrogen-bond acceptors (Lipinski definition) is 4. The van der Waals surface area contributed by atoms with Crippen molar-refractivity contribution in [3.05, 3.63) is 96.4 Å². The number of rotatable bonds is 9. The molecular weight excluding hydrogens is 471 g/mol. The molecule has 0 spiro atoms. The van der Waals surface area contributed by atoms with Crippen molar-refractivity contribution in [2.45, 2.75) is 20.4 Å². The highest BCUT2D eigenvalue weighted by Gasteiger charge is 2.22. The van der Waals surface area contributed by atoms with E-state index >= 15 is 0 Å². The molecule has 0 aliphatic rings. The highest BCUT2D eigenvalue weighted by molar-refractivity contribution is 5.94. The fourth-order valence-electron chi connectivity index (χ4n) is 3.89. The van der Waals surface area contributed by atoms with E-state index in [9.17, 15) is 14.0 Å². The Morgan fingerprint density at radius 1 is 1.00 bits per heavy atom. The predicted octanol–water partition coefficient (Wildman–Crippen LogP) is 5.31. The van der Waals surface area contributed by atoms with Crippen molar-refractivity contribution in [2.24, 2.45) is 5.92 Å². The molecular formula is C29H29FN4O3. The van der Waals surface area contributed by atoms with Crippen molar-refractivity contribution in [1.29, 1.82) is 0 Å². The van der Waals surface area contributed by atoms with Gasteiger partial charge < -0.3 is 9.64 Å². The number of hydrogen-bond donors (Lipinski definition) is 1. The average Bonchev–Trinajstić information content (AvgIpc) is 3.32. The van der Waals surface area contributed by atoms with Gasteiger partial charge in [0.1, 0.15) is 18.1 Å². The smallest absolute Gasteiger partial charge is 0.246 e. The molecule has 0 atom stereocenters. The minimum absolute atomic E-state index is 0.125. The summed E-state index contributed by atoms with van der Waals surface area (Å²) in [5.74, 6) is -0.171. The molecule has 0 saturated heterocycles. The van der Waals surface area contributed by atoms with Crippen LogP contribution in [0.1, 0.15) is 19.4 Å². The highest BCUT2D eigenvalue weighted by Crippen LogP contribution is 2.26. The van der Waals surface area contributed by atoms with Crippen LogP contribution in [0.5, 0.6) is 5.75 Å². The zero-order valence-corrected chi connectivity index (χ0v) is 21.0. The number of ether oxygens (including phenoxy) is 1. The molecule has 1 N–H and O–H groups in total. The average molecular weight is 501 g/mol. The molecule has 0 bridgehead atoms. The van der Waals surface area contributed by atoms with Crippen LogP contribution in [-0.2, 0) is 16.1 Å². The van der Waals surface area contributed by atoms with Gasteiger partial charge in [0.25, 0.3) is 0 Å². The number of carbonyl (C=O) groups is 2. The van der Waals surface area contributed by atoms with E-state index in [2.05, 4.69) is 10.3 Å². The SMILES string of the molecule is COc1ccc(-c2cn(-c3ccc(F)cc3)c(NC(=O)CN(Cc3ccccc3)C(=O)C(C)C)n2)cc1. The summed E-state index contributed by atoms with van der Waals surface area (Å²) in [5, 5.41) is 2.85. The summed E-state index contributed by atoms with van der Waals surface area (Å²) in [6.45, 7) is 3.79. The lowest BCUT2D eigenvalue weighted by Crippen LogP contribution is -2.40. The fraction of sp³-hybridized carbons (Fsp3) is 0.207. The summed E-state index contributed by atoms with van der Waals surface area (Å²) in [4.78, 5) is 32.2. The van der Waals surface area contributed by atoms with Gasteiger partial charge in [0.15, 0.2) is 0 Å². The van der Waals surface area contributed by atoms with Crippen molar-refractivity contribution in [3.8, 4) is 22.7 Å². The second-order valence-corrected chi connectivity index (χ2v) is 8.91. The molecule has 3 aromatic carbocycles. The van der Waals surface area contributed by atoms with Gasteiger partial charge in [-0.2, -0.15) is 0 Å². The minimum atomic E-state index is -0.389. The third-order valence-electron chi connectivity index (χ3n) is 5.80. The molecule has 1 heterocycles. The molecule has 0 radical (unpaired) electrons. The second-order valence-electron chi connectivity index (χ2n) is 8.91. The summed E-state index contributed by atoms with van der Waals surface area (Å²) < 4.78 is 20.5. The van der Waals surface area contributed by atoms with Crippen LogP contribution >= 0.6 is 0 Å².